The second-order valence-corrected chi connectivity index (χ2v) is 7.40. The van der Waals surface area contributed by atoms with E-state index in [1.165, 1.54) is 22.7 Å². The normalized spacial score (nSPS) is 11.0. The molecule has 0 aliphatic carbocycles. The Morgan fingerprint density at radius 3 is 2.76 bits per heavy atom. The molecule has 0 aromatic carbocycles. The molecule has 0 saturated carbocycles. The number of thiophene rings is 2. The molecule has 0 bridgehead atoms. The van der Waals surface area contributed by atoms with E-state index in [4.69, 9.17) is 0 Å². The summed E-state index contributed by atoms with van der Waals surface area (Å²) >= 11 is 2.94. The summed E-state index contributed by atoms with van der Waals surface area (Å²) < 4.78 is 2.98. The van der Waals surface area contributed by atoms with Gasteiger partial charge in [0.25, 0.3) is 0 Å². The molecule has 25 heavy (non-hydrogen) atoms. The first-order valence-corrected chi connectivity index (χ1v) is 9.75. The van der Waals surface area contributed by atoms with Gasteiger partial charge in [-0.25, -0.2) is 9.97 Å². The van der Waals surface area contributed by atoms with E-state index >= 15 is 0 Å². The van der Waals surface area contributed by atoms with Crippen LogP contribution in [0.15, 0.2) is 53.5 Å². The molecule has 0 spiro atoms. The molecule has 0 fully saturated rings. The number of nitrogens with zero attached hydrogens (tertiary/aromatic N) is 3. The van der Waals surface area contributed by atoms with E-state index in [0.717, 1.165) is 29.7 Å². The highest BCUT2D eigenvalue weighted by molar-refractivity contribution is 7.17. The second kappa shape index (κ2) is 7.16. The van der Waals surface area contributed by atoms with E-state index in [1.54, 1.807) is 0 Å². The molecule has 0 aliphatic rings. The summed E-state index contributed by atoms with van der Waals surface area (Å²) in [5.74, 6) is 0.471. The molecule has 0 unspecified atom stereocenters. The fourth-order valence-corrected chi connectivity index (χ4v) is 4.08. The average Bonchev–Trinajstić information content (AvgIpc) is 3.39. The molecule has 126 valence electrons. The van der Waals surface area contributed by atoms with Crippen molar-refractivity contribution in [3.63, 3.8) is 0 Å². The molecule has 4 heterocycles. The van der Waals surface area contributed by atoms with Gasteiger partial charge in [-0.1, -0.05) is 6.07 Å². The van der Waals surface area contributed by atoms with E-state index in [-0.39, 0.29) is 5.78 Å². The van der Waals surface area contributed by atoms with Crippen molar-refractivity contribution in [1.29, 1.82) is 0 Å². The number of nitrogens with one attached hydrogen (secondary N) is 1. The SMILES string of the molecule is O=C(c1cccs1)c1nc(NCCCn2cccc2)nc2ccsc12. The largest absolute Gasteiger partial charge is 0.354 e. The highest BCUT2D eigenvalue weighted by atomic mass is 32.1. The zero-order chi connectivity index (χ0) is 17.1. The first kappa shape index (κ1) is 16.0. The van der Waals surface area contributed by atoms with Crippen LogP contribution in [0.25, 0.3) is 10.2 Å². The molecule has 0 atom stereocenters. The minimum Gasteiger partial charge on any atom is -0.354 e. The number of ketones is 1. The van der Waals surface area contributed by atoms with Crippen LogP contribution >= 0.6 is 22.7 Å². The van der Waals surface area contributed by atoms with Gasteiger partial charge in [-0.05, 0) is 41.4 Å². The molecule has 4 rings (SSSR count). The molecule has 0 amide bonds. The Balaban J connectivity index is 1.52. The smallest absolute Gasteiger partial charge is 0.224 e. The summed E-state index contributed by atoms with van der Waals surface area (Å²) in [6, 6.07) is 9.68. The van der Waals surface area contributed by atoms with Crippen LogP contribution in [-0.4, -0.2) is 26.9 Å². The van der Waals surface area contributed by atoms with Crippen LogP contribution in [0.3, 0.4) is 0 Å². The highest BCUT2D eigenvalue weighted by Crippen LogP contribution is 2.26. The van der Waals surface area contributed by atoms with Crippen LogP contribution in [0, 0.1) is 0 Å². The van der Waals surface area contributed by atoms with Gasteiger partial charge in [-0.15, -0.1) is 22.7 Å². The zero-order valence-electron chi connectivity index (χ0n) is 13.4. The zero-order valence-corrected chi connectivity index (χ0v) is 15.0. The quantitative estimate of drug-likeness (QED) is 0.390. The number of aromatic nitrogens is 3. The van der Waals surface area contributed by atoms with E-state index in [9.17, 15) is 4.79 Å². The average molecular weight is 368 g/mol. The van der Waals surface area contributed by atoms with E-state index in [0.29, 0.717) is 16.5 Å². The maximum absolute atomic E-state index is 12.8. The highest BCUT2D eigenvalue weighted by Gasteiger charge is 2.18. The molecule has 4 aromatic rings. The van der Waals surface area contributed by atoms with Gasteiger partial charge < -0.3 is 9.88 Å². The van der Waals surface area contributed by atoms with E-state index < -0.39 is 0 Å². The Morgan fingerprint density at radius 2 is 1.96 bits per heavy atom. The summed E-state index contributed by atoms with van der Waals surface area (Å²) in [5, 5.41) is 7.10. The Hall–Kier alpha value is -2.51. The van der Waals surface area contributed by atoms with Crippen LogP contribution in [-0.2, 0) is 6.54 Å². The predicted molar refractivity (Wildman–Crippen MR) is 103 cm³/mol. The maximum atomic E-state index is 12.8. The number of carbonyl (C=O) groups excluding carboxylic acids is 1. The van der Waals surface area contributed by atoms with Gasteiger partial charge in [-0.2, -0.15) is 0 Å². The van der Waals surface area contributed by atoms with Crippen molar-refractivity contribution in [3.8, 4) is 0 Å². The van der Waals surface area contributed by atoms with Crippen molar-refractivity contribution in [2.24, 2.45) is 0 Å². The standard InChI is InChI=1S/C18H16N4OS2/c23-16(14-5-3-11-24-14)15-17-13(6-12-25-17)20-18(21-15)19-7-4-10-22-8-1-2-9-22/h1-3,5-6,8-9,11-12H,4,7,10H2,(H,19,20,21). The summed E-state index contributed by atoms with van der Waals surface area (Å²) in [6.45, 7) is 1.68. The molecule has 1 N–H and O–H groups in total. The van der Waals surface area contributed by atoms with Gasteiger partial charge in [0, 0.05) is 25.5 Å². The summed E-state index contributed by atoms with van der Waals surface area (Å²) in [6.07, 6.45) is 5.05. The fraction of sp³-hybridized carbons (Fsp3) is 0.167. The fourth-order valence-electron chi connectivity index (χ4n) is 2.60. The third-order valence-corrected chi connectivity index (χ3v) is 5.59. The summed E-state index contributed by atoms with van der Waals surface area (Å²) in [4.78, 5) is 22.5. The van der Waals surface area contributed by atoms with Crippen molar-refractivity contribution in [3.05, 3.63) is 64.1 Å². The Kier molecular flexibility index (Phi) is 4.58. The van der Waals surface area contributed by atoms with Crippen molar-refractivity contribution >= 4 is 44.6 Å². The lowest BCUT2D eigenvalue weighted by atomic mass is 10.2. The Morgan fingerprint density at radius 1 is 1.08 bits per heavy atom. The van der Waals surface area contributed by atoms with Crippen LogP contribution < -0.4 is 5.32 Å². The molecule has 0 aliphatic heterocycles. The summed E-state index contributed by atoms with van der Waals surface area (Å²) in [7, 11) is 0. The molecular formula is C18H16N4OS2. The van der Waals surface area contributed by atoms with Crippen LogP contribution in [0.1, 0.15) is 21.8 Å². The van der Waals surface area contributed by atoms with Crippen LogP contribution in [0.4, 0.5) is 5.95 Å². The number of fused-ring (bicyclic) bond motifs is 1. The monoisotopic (exact) mass is 368 g/mol. The van der Waals surface area contributed by atoms with Crippen molar-refractivity contribution in [1.82, 2.24) is 14.5 Å². The van der Waals surface area contributed by atoms with Crippen LogP contribution in [0.2, 0.25) is 0 Å². The third kappa shape index (κ3) is 3.47. The van der Waals surface area contributed by atoms with Crippen molar-refractivity contribution in [2.75, 3.05) is 11.9 Å². The van der Waals surface area contributed by atoms with Gasteiger partial charge >= 0.3 is 0 Å². The second-order valence-electron chi connectivity index (χ2n) is 5.54. The first-order valence-electron chi connectivity index (χ1n) is 7.99. The summed E-state index contributed by atoms with van der Waals surface area (Å²) in [5.41, 5.74) is 1.29. The Bertz CT molecular complexity index is 974. The molecule has 4 aromatic heterocycles. The van der Waals surface area contributed by atoms with E-state index in [1.807, 2.05) is 53.5 Å². The minimum atomic E-state index is -0.0414. The lowest BCUT2D eigenvalue weighted by molar-refractivity contribution is 0.104. The van der Waals surface area contributed by atoms with Gasteiger partial charge in [0.1, 0.15) is 5.69 Å². The molecule has 0 saturated heterocycles. The van der Waals surface area contributed by atoms with Gasteiger partial charge in [0.05, 0.1) is 15.1 Å². The van der Waals surface area contributed by atoms with Crippen molar-refractivity contribution in [2.45, 2.75) is 13.0 Å². The number of aryl methyl sites for hydroxylation is 1. The lowest BCUT2D eigenvalue weighted by Crippen LogP contribution is -2.11. The number of hydrogen-bond donors (Lipinski definition) is 1. The molecule has 5 nitrogen and oxygen atoms in total. The topological polar surface area (TPSA) is 59.8 Å². The third-order valence-electron chi connectivity index (χ3n) is 3.81. The first-order chi connectivity index (χ1) is 12.3. The van der Waals surface area contributed by atoms with Gasteiger partial charge in [0.2, 0.25) is 11.7 Å². The molecule has 0 radical (unpaired) electrons. The lowest BCUT2D eigenvalue weighted by Gasteiger charge is -2.08. The Labute approximate surface area is 153 Å². The van der Waals surface area contributed by atoms with Gasteiger partial charge in [0.15, 0.2) is 0 Å². The number of anilines is 1. The predicted octanol–water partition coefficient (Wildman–Crippen LogP) is 4.29. The van der Waals surface area contributed by atoms with Crippen LogP contribution in [0.5, 0.6) is 0 Å². The number of carbonyl (C=O) groups is 1. The van der Waals surface area contributed by atoms with E-state index in [2.05, 4.69) is 19.9 Å². The molecular weight excluding hydrogens is 352 g/mol. The minimum absolute atomic E-state index is 0.0414. The van der Waals surface area contributed by atoms with Gasteiger partial charge in [-0.3, -0.25) is 4.79 Å². The number of rotatable bonds is 7. The maximum Gasteiger partial charge on any atom is 0.224 e. The van der Waals surface area contributed by atoms with Crippen molar-refractivity contribution < 1.29 is 4.79 Å². The molecule has 7 heteroatoms. The number of hydrogen-bond acceptors (Lipinski definition) is 6.